The van der Waals surface area contributed by atoms with E-state index in [1.807, 2.05) is 18.6 Å². The summed E-state index contributed by atoms with van der Waals surface area (Å²) in [6.45, 7) is 0. The highest BCUT2D eigenvalue weighted by Gasteiger charge is 2.34. The van der Waals surface area contributed by atoms with Gasteiger partial charge in [0.2, 0.25) is 0 Å². The van der Waals surface area contributed by atoms with E-state index in [1.54, 1.807) is 0 Å². The van der Waals surface area contributed by atoms with Crippen LogP contribution in [-0.4, -0.2) is 9.97 Å². The minimum Gasteiger partial charge on any atom is -0.308 e. The summed E-state index contributed by atoms with van der Waals surface area (Å²) in [4.78, 5) is 11.5. The Hall–Kier alpha value is -3.46. The maximum absolute atomic E-state index is 4.72. The van der Waals surface area contributed by atoms with Gasteiger partial charge in [0, 0.05) is 37.0 Å². The highest BCUT2D eigenvalue weighted by Crippen LogP contribution is 2.52. The van der Waals surface area contributed by atoms with Gasteiger partial charge < -0.3 is 4.90 Å². The first-order chi connectivity index (χ1) is 13.9. The van der Waals surface area contributed by atoms with E-state index in [2.05, 4.69) is 58.4 Å². The standard InChI is InChI=1S/C25H17N3/c1-2-4-18-15(3-1)11-20-19(18)5-6-24-21(20)12-16-7-10-27-22-13-17-14-26-9-8-23(17)28(24)25(16)22/h1-10,14H,11-13H2. The number of nitrogens with zero attached hydrogens (tertiary/aromatic N) is 3. The molecule has 0 atom stereocenters. The van der Waals surface area contributed by atoms with Crippen LogP contribution in [0.25, 0.3) is 11.1 Å². The number of pyridine rings is 2. The molecule has 2 aromatic heterocycles. The fourth-order valence-corrected chi connectivity index (χ4v) is 5.27. The first-order valence-corrected chi connectivity index (χ1v) is 9.81. The van der Waals surface area contributed by atoms with Crippen molar-refractivity contribution in [3.05, 3.63) is 101 Å². The molecule has 0 N–H and O–H groups in total. The topological polar surface area (TPSA) is 29.0 Å². The number of anilines is 3. The van der Waals surface area contributed by atoms with Crippen LogP contribution >= 0.6 is 0 Å². The summed E-state index contributed by atoms with van der Waals surface area (Å²) < 4.78 is 0. The van der Waals surface area contributed by atoms with Crippen molar-refractivity contribution in [3.8, 4) is 11.1 Å². The zero-order chi connectivity index (χ0) is 18.2. The number of hydrogen-bond donors (Lipinski definition) is 0. The monoisotopic (exact) mass is 359 g/mol. The zero-order valence-electron chi connectivity index (χ0n) is 15.3. The van der Waals surface area contributed by atoms with E-state index >= 15 is 0 Å². The molecular formula is C25H17N3. The first-order valence-electron chi connectivity index (χ1n) is 9.81. The molecule has 3 nitrogen and oxygen atoms in total. The lowest BCUT2D eigenvalue weighted by Crippen LogP contribution is -2.26. The molecule has 0 amide bonds. The molecule has 0 spiro atoms. The lowest BCUT2D eigenvalue weighted by molar-refractivity contribution is 0.945. The van der Waals surface area contributed by atoms with Gasteiger partial charge in [-0.1, -0.05) is 30.3 Å². The average Bonchev–Trinajstić information content (AvgIpc) is 3.13. The fraction of sp³-hybridized carbons (Fsp3) is 0.120. The van der Waals surface area contributed by atoms with E-state index < -0.39 is 0 Å². The van der Waals surface area contributed by atoms with Crippen LogP contribution in [-0.2, 0) is 19.3 Å². The van der Waals surface area contributed by atoms with E-state index in [1.165, 1.54) is 56.0 Å². The Labute approximate surface area is 163 Å². The second kappa shape index (κ2) is 5.08. The molecule has 0 fully saturated rings. The zero-order valence-corrected chi connectivity index (χ0v) is 15.3. The molecule has 7 rings (SSSR count). The molecule has 4 heterocycles. The molecule has 2 aliphatic heterocycles. The predicted molar refractivity (Wildman–Crippen MR) is 111 cm³/mol. The Morgan fingerprint density at radius 1 is 0.679 bits per heavy atom. The summed E-state index contributed by atoms with van der Waals surface area (Å²) in [6, 6.07) is 17.8. The Morgan fingerprint density at radius 2 is 1.61 bits per heavy atom. The lowest BCUT2D eigenvalue weighted by Gasteiger charge is -2.39. The minimum absolute atomic E-state index is 0.856. The van der Waals surface area contributed by atoms with Crippen molar-refractivity contribution in [3.63, 3.8) is 0 Å². The number of rotatable bonds is 0. The van der Waals surface area contributed by atoms with Crippen molar-refractivity contribution in [1.29, 1.82) is 0 Å². The third-order valence-electron chi connectivity index (χ3n) is 6.47. The molecule has 0 saturated carbocycles. The molecule has 28 heavy (non-hydrogen) atoms. The molecule has 3 heteroatoms. The minimum atomic E-state index is 0.856. The van der Waals surface area contributed by atoms with Crippen molar-refractivity contribution in [2.24, 2.45) is 0 Å². The van der Waals surface area contributed by atoms with Gasteiger partial charge in [0.25, 0.3) is 0 Å². The van der Waals surface area contributed by atoms with Gasteiger partial charge in [0.1, 0.15) is 0 Å². The van der Waals surface area contributed by atoms with Crippen LogP contribution in [0.1, 0.15) is 33.5 Å². The lowest BCUT2D eigenvalue weighted by atomic mass is 9.86. The van der Waals surface area contributed by atoms with Crippen molar-refractivity contribution in [1.82, 2.24) is 9.97 Å². The quantitative estimate of drug-likeness (QED) is 0.367. The Bertz CT molecular complexity index is 1310. The molecule has 1 aliphatic carbocycles. The van der Waals surface area contributed by atoms with Gasteiger partial charge in [-0.05, 0) is 58.0 Å². The summed E-state index contributed by atoms with van der Waals surface area (Å²) in [6.07, 6.45) is 8.72. The average molecular weight is 359 g/mol. The number of hydrogen-bond acceptors (Lipinski definition) is 3. The van der Waals surface area contributed by atoms with Gasteiger partial charge in [-0.25, -0.2) is 0 Å². The van der Waals surface area contributed by atoms with Crippen LogP contribution in [0.2, 0.25) is 0 Å². The number of fused-ring (bicyclic) bond motifs is 8. The molecule has 0 radical (unpaired) electrons. The summed E-state index contributed by atoms with van der Waals surface area (Å²) in [5.41, 5.74) is 14.8. The van der Waals surface area contributed by atoms with E-state index in [0.29, 0.717) is 0 Å². The molecule has 3 aliphatic rings. The maximum atomic E-state index is 4.72. The third kappa shape index (κ3) is 1.74. The highest BCUT2D eigenvalue weighted by atomic mass is 15.2. The second-order valence-electron chi connectivity index (χ2n) is 7.88. The van der Waals surface area contributed by atoms with Gasteiger partial charge in [0.05, 0.1) is 22.8 Å². The molecule has 0 bridgehead atoms. The summed E-state index contributed by atoms with van der Waals surface area (Å²) in [5.74, 6) is 0. The summed E-state index contributed by atoms with van der Waals surface area (Å²) in [5, 5.41) is 0. The number of benzene rings is 2. The smallest absolute Gasteiger partial charge is 0.0716 e. The Balaban J connectivity index is 1.52. The van der Waals surface area contributed by atoms with Crippen molar-refractivity contribution < 1.29 is 0 Å². The van der Waals surface area contributed by atoms with Crippen LogP contribution < -0.4 is 4.90 Å². The van der Waals surface area contributed by atoms with Crippen molar-refractivity contribution >= 4 is 17.1 Å². The Kier molecular flexibility index (Phi) is 2.64. The SMILES string of the molecule is c1ccc2c(c1)Cc1c-2ccc2c1Cc1ccnc3c1N2c1ccncc1C3. The molecule has 0 unspecified atom stereocenters. The van der Waals surface area contributed by atoms with Gasteiger partial charge >= 0.3 is 0 Å². The molecular weight excluding hydrogens is 342 g/mol. The van der Waals surface area contributed by atoms with Crippen LogP contribution in [0.15, 0.2) is 67.1 Å². The van der Waals surface area contributed by atoms with E-state index in [0.717, 1.165) is 25.0 Å². The first kappa shape index (κ1) is 14.6. The van der Waals surface area contributed by atoms with Crippen LogP contribution in [0.3, 0.4) is 0 Å². The van der Waals surface area contributed by atoms with Gasteiger partial charge in [-0.2, -0.15) is 0 Å². The normalized spacial score (nSPS) is 14.6. The summed E-state index contributed by atoms with van der Waals surface area (Å²) in [7, 11) is 0. The van der Waals surface area contributed by atoms with Crippen molar-refractivity contribution in [2.75, 3.05) is 4.90 Å². The van der Waals surface area contributed by atoms with E-state index in [4.69, 9.17) is 4.98 Å². The third-order valence-corrected chi connectivity index (χ3v) is 6.47. The molecule has 4 aromatic rings. The fourth-order valence-electron chi connectivity index (χ4n) is 5.27. The second-order valence-corrected chi connectivity index (χ2v) is 7.88. The number of aromatic nitrogens is 2. The molecule has 2 aromatic carbocycles. The van der Waals surface area contributed by atoms with Crippen LogP contribution in [0.5, 0.6) is 0 Å². The molecule has 0 saturated heterocycles. The van der Waals surface area contributed by atoms with E-state index in [-0.39, 0.29) is 0 Å². The van der Waals surface area contributed by atoms with Gasteiger partial charge in [0.15, 0.2) is 0 Å². The van der Waals surface area contributed by atoms with Crippen molar-refractivity contribution in [2.45, 2.75) is 19.3 Å². The molecule has 132 valence electrons. The van der Waals surface area contributed by atoms with Gasteiger partial charge in [-0.3, -0.25) is 9.97 Å². The predicted octanol–water partition coefficient (Wildman–Crippen LogP) is 5.33. The highest BCUT2D eigenvalue weighted by molar-refractivity contribution is 5.91. The largest absolute Gasteiger partial charge is 0.308 e. The van der Waals surface area contributed by atoms with E-state index in [9.17, 15) is 0 Å². The summed E-state index contributed by atoms with van der Waals surface area (Å²) >= 11 is 0. The van der Waals surface area contributed by atoms with Crippen LogP contribution in [0, 0.1) is 0 Å². The maximum Gasteiger partial charge on any atom is 0.0716 e. The van der Waals surface area contributed by atoms with Gasteiger partial charge in [-0.15, -0.1) is 0 Å². The Morgan fingerprint density at radius 3 is 2.61 bits per heavy atom. The van der Waals surface area contributed by atoms with Crippen LogP contribution in [0.4, 0.5) is 17.1 Å².